The van der Waals surface area contributed by atoms with Crippen molar-refractivity contribution in [3.05, 3.63) is 33.4 Å². The van der Waals surface area contributed by atoms with Crippen LogP contribution in [0.1, 0.15) is 45.6 Å². The average molecular weight is 497 g/mol. The molecule has 0 radical (unpaired) electrons. The van der Waals surface area contributed by atoms with Gasteiger partial charge in [-0.1, -0.05) is 34.8 Å². The highest BCUT2D eigenvalue weighted by Crippen LogP contribution is 2.40. The van der Waals surface area contributed by atoms with Crippen LogP contribution < -0.4 is 16.4 Å². The van der Waals surface area contributed by atoms with Crippen LogP contribution in [-0.4, -0.2) is 31.5 Å². The number of rotatable bonds is 6. The van der Waals surface area contributed by atoms with Gasteiger partial charge in [-0.05, 0) is 51.7 Å². The molecule has 1 saturated carbocycles. The second-order valence-electron chi connectivity index (χ2n) is 8.28. The maximum Gasteiger partial charge on any atom is 0.224 e. The third kappa shape index (κ3) is 4.72. The van der Waals surface area contributed by atoms with Crippen molar-refractivity contribution in [2.45, 2.75) is 51.6 Å². The largest absolute Gasteiger partial charge is 0.369 e. The summed E-state index contributed by atoms with van der Waals surface area (Å²) < 4.78 is 2.04. The van der Waals surface area contributed by atoms with Gasteiger partial charge in [-0.2, -0.15) is 4.98 Å². The van der Waals surface area contributed by atoms with Crippen molar-refractivity contribution in [2.75, 3.05) is 10.6 Å². The Labute approximate surface area is 200 Å². The fourth-order valence-corrected chi connectivity index (χ4v) is 4.96. The van der Waals surface area contributed by atoms with Gasteiger partial charge in [0, 0.05) is 23.0 Å². The standard InChI is InChI=1S/C21H24Cl3N7O/c1-10(2)27-20-26-9-16-19(30-20)31(13-5-3-11(4-6-13)18(25)32)21(28-16)29-17-14(23)7-12(22)8-15(17)24/h7-11,13H,3-6H2,1-2H3,(H2,25,32)(H,28,29)(H,26,27,30)/t11-,13-. The van der Waals surface area contributed by atoms with Gasteiger partial charge in [-0.15, -0.1) is 0 Å². The van der Waals surface area contributed by atoms with Gasteiger partial charge in [0.2, 0.25) is 17.8 Å². The van der Waals surface area contributed by atoms with Gasteiger partial charge in [-0.3, -0.25) is 9.36 Å². The molecule has 8 nitrogen and oxygen atoms in total. The number of amides is 1. The van der Waals surface area contributed by atoms with Crippen LogP contribution in [0.15, 0.2) is 18.3 Å². The normalized spacial score (nSPS) is 18.8. The molecule has 1 aliphatic rings. The maximum atomic E-state index is 11.6. The first-order valence-corrected chi connectivity index (χ1v) is 11.6. The Balaban J connectivity index is 1.78. The molecule has 0 saturated heterocycles. The number of aromatic nitrogens is 4. The first-order valence-electron chi connectivity index (χ1n) is 10.4. The van der Waals surface area contributed by atoms with Gasteiger partial charge >= 0.3 is 0 Å². The molecule has 1 aromatic carbocycles. The quantitative estimate of drug-likeness (QED) is 0.411. The van der Waals surface area contributed by atoms with E-state index in [2.05, 4.69) is 15.6 Å². The van der Waals surface area contributed by atoms with E-state index < -0.39 is 0 Å². The van der Waals surface area contributed by atoms with E-state index in [0.717, 1.165) is 12.8 Å². The third-order valence-corrected chi connectivity index (χ3v) is 6.37. The summed E-state index contributed by atoms with van der Waals surface area (Å²) in [7, 11) is 0. The highest BCUT2D eigenvalue weighted by atomic mass is 35.5. The molecule has 32 heavy (non-hydrogen) atoms. The Morgan fingerprint density at radius 2 is 1.78 bits per heavy atom. The van der Waals surface area contributed by atoms with Crippen LogP contribution in [0.3, 0.4) is 0 Å². The molecule has 0 bridgehead atoms. The first-order chi connectivity index (χ1) is 15.2. The Morgan fingerprint density at radius 3 is 2.38 bits per heavy atom. The molecule has 170 valence electrons. The molecule has 3 aromatic rings. The number of imidazole rings is 1. The molecule has 0 unspecified atom stereocenters. The lowest BCUT2D eigenvalue weighted by molar-refractivity contribution is -0.122. The van der Waals surface area contributed by atoms with Crippen LogP contribution in [0.2, 0.25) is 15.1 Å². The molecular formula is C21H24Cl3N7O. The summed E-state index contributed by atoms with van der Waals surface area (Å²) >= 11 is 18.9. The van der Waals surface area contributed by atoms with Gasteiger partial charge in [0.1, 0.15) is 5.52 Å². The number of nitrogens with one attached hydrogen (secondary N) is 2. The molecule has 4 rings (SSSR count). The number of anilines is 3. The molecule has 0 aliphatic heterocycles. The monoisotopic (exact) mass is 495 g/mol. The van der Waals surface area contributed by atoms with Crippen molar-refractivity contribution >= 4 is 69.5 Å². The lowest BCUT2D eigenvalue weighted by Crippen LogP contribution is -2.28. The number of nitrogens with zero attached hydrogens (tertiary/aromatic N) is 4. The van der Waals surface area contributed by atoms with Crippen LogP contribution in [0.25, 0.3) is 11.2 Å². The number of benzene rings is 1. The van der Waals surface area contributed by atoms with Gasteiger partial charge in [0.25, 0.3) is 0 Å². The van der Waals surface area contributed by atoms with Gasteiger partial charge < -0.3 is 16.4 Å². The van der Waals surface area contributed by atoms with E-state index in [1.165, 1.54) is 0 Å². The fraction of sp³-hybridized carbons (Fsp3) is 0.429. The van der Waals surface area contributed by atoms with E-state index >= 15 is 0 Å². The first kappa shape index (κ1) is 22.9. The number of carbonyl (C=O) groups is 1. The van der Waals surface area contributed by atoms with Crippen LogP contribution in [-0.2, 0) is 4.79 Å². The van der Waals surface area contributed by atoms with Gasteiger partial charge in [0.05, 0.1) is 21.9 Å². The van der Waals surface area contributed by atoms with E-state index in [9.17, 15) is 4.79 Å². The van der Waals surface area contributed by atoms with Crippen molar-refractivity contribution in [1.82, 2.24) is 19.5 Å². The highest BCUT2D eigenvalue weighted by Gasteiger charge is 2.29. The minimum Gasteiger partial charge on any atom is -0.369 e. The fourth-order valence-electron chi connectivity index (χ4n) is 4.04. The van der Waals surface area contributed by atoms with Gasteiger partial charge in [-0.25, -0.2) is 9.97 Å². The SMILES string of the molecule is CC(C)Nc1ncc2nc(Nc3c(Cl)cc(Cl)cc3Cl)n([C@H]3CC[C@H](C(N)=O)CC3)c2n1. The summed E-state index contributed by atoms with van der Waals surface area (Å²) in [6.07, 6.45) is 4.65. The minimum atomic E-state index is -0.247. The van der Waals surface area contributed by atoms with E-state index in [1.54, 1.807) is 18.3 Å². The number of carbonyl (C=O) groups excluding carboxylic acids is 1. The molecule has 1 fully saturated rings. The zero-order valence-electron chi connectivity index (χ0n) is 17.7. The summed E-state index contributed by atoms with van der Waals surface area (Å²) in [6, 6.07) is 3.49. The molecule has 4 N–H and O–H groups in total. The highest BCUT2D eigenvalue weighted by molar-refractivity contribution is 6.41. The lowest BCUT2D eigenvalue weighted by Gasteiger charge is -2.29. The number of nitrogens with two attached hydrogens (primary N) is 1. The Morgan fingerprint density at radius 1 is 1.12 bits per heavy atom. The zero-order valence-corrected chi connectivity index (χ0v) is 20.0. The van der Waals surface area contributed by atoms with E-state index in [-0.39, 0.29) is 23.9 Å². The number of hydrogen-bond donors (Lipinski definition) is 3. The molecule has 1 aliphatic carbocycles. The number of fused-ring (bicyclic) bond motifs is 1. The van der Waals surface area contributed by atoms with E-state index in [1.807, 2.05) is 18.4 Å². The van der Waals surface area contributed by atoms with Crippen LogP contribution in [0, 0.1) is 5.92 Å². The number of primary amides is 1. The second kappa shape index (κ2) is 9.29. The maximum absolute atomic E-state index is 11.6. The van der Waals surface area contributed by atoms with E-state index in [0.29, 0.717) is 56.7 Å². The lowest BCUT2D eigenvalue weighted by atomic mass is 9.85. The molecule has 0 atom stereocenters. The molecule has 2 aromatic heterocycles. The van der Waals surface area contributed by atoms with Crippen LogP contribution >= 0.6 is 34.8 Å². The molecule has 2 heterocycles. The summed E-state index contributed by atoms with van der Waals surface area (Å²) in [5, 5.41) is 7.70. The minimum absolute atomic E-state index is 0.0738. The summed E-state index contributed by atoms with van der Waals surface area (Å²) in [5.41, 5.74) is 7.36. The Bertz CT molecular complexity index is 1130. The summed E-state index contributed by atoms with van der Waals surface area (Å²) in [4.78, 5) is 25.5. The van der Waals surface area contributed by atoms with Crippen LogP contribution in [0.4, 0.5) is 17.6 Å². The molecule has 1 amide bonds. The van der Waals surface area contributed by atoms with Crippen LogP contribution in [0.5, 0.6) is 0 Å². The second-order valence-corrected chi connectivity index (χ2v) is 9.53. The van der Waals surface area contributed by atoms with Crippen molar-refractivity contribution in [3.8, 4) is 0 Å². The molecule has 0 spiro atoms. The van der Waals surface area contributed by atoms with E-state index in [4.69, 9.17) is 50.5 Å². The number of halogens is 3. The Hall–Kier alpha value is -2.29. The topological polar surface area (TPSA) is 111 Å². The third-order valence-electron chi connectivity index (χ3n) is 5.56. The zero-order chi connectivity index (χ0) is 23.0. The average Bonchev–Trinajstić information content (AvgIpc) is 3.07. The predicted molar refractivity (Wildman–Crippen MR) is 129 cm³/mol. The predicted octanol–water partition coefficient (Wildman–Crippen LogP) is 5.57. The van der Waals surface area contributed by atoms with Crippen molar-refractivity contribution in [3.63, 3.8) is 0 Å². The smallest absolute Gasteiger partial charge is 0.224 e. The van der Waals surface area contributed by atoms with Crippen molar-refractivity contribution < 1.29 is 4.79 Å². The number of hydrogen-bond acceptors (Lipinski definition) is 6. The molecule has 11 heteroatoms. The van der Waals surface area contributed by atoms with Crippen molar-refractivity contribution in [2.24, 2.45) is 11.7 Å². The molecular weight excluding hydrogens is 473 g/mol. The summed E-state index contributed by atoms with van der Waals surface area (Å²) in [5.74, 6) is 0.714. The van der Waals surface area contributed by atoms with Crippen molar-refractivity contribution in [1.29, 1.82) is 0 Å². The summed E-state index contributed by atoms with van der Waals surface area (Å²) in [6.45, 7) is 4.04. The Kier molecular flexibility index (Phi) is 6.65. The van der Waals surface area contributed by atoms with Gasteiger partial charge in [0.15, 0.2) is 5.65 Å².